The fourth-order valence-electron chi connectivity index (χ4n) is 3.42. The van der Waals surface area contributed by atoms with Crippen molar-refractivity contribution in [3.63, 3.8) is 0 Å². The van der Waals surface area contributed by atoms with Crippen LogP contribution in [0.5, 0.6) is 0 Å². The summed E-state index contributed by atoms with van der Waals surface area (Å²) >= 11 is 0.882. The first-order chi connectivity index (χ1) is 13.6. The first kappa shape index (κ1) is 21.7. The largest absolute Gasteiger partial charge is 0.373 e. The van der Waals surface area contributed by atoms with E-state index in [1.54, 1.807) is 0 Å². The predicted molar refractivity (Wildman–Crippen MR) is 113 cm³/mol. The molecule has 0 amide bonds. The van der Waals surface area contributed by atoms with Crippen LogP contribution in [0.25, 0.3) is 0 Å². The van der Waals surface area contributed by atoms with E-state index in [2.05, 4.69) is 24.1 Å². The number of morpholine rings is 1. The number of anilines is 1. The average molecular weight is 440 g/mol. The van der Waals surface area contributed by atoms with Crippen molar-refractivity contribution >= 4 is 31.9 Å². The van der Waals surface area contributed by atoms with Crippen LogP contribution in [0.15, 0.2) is 34.5 Å². The molecule has 2 aromatic rings. The molecule has 1 N–H and O–H groups in total. The van der Waals surface area contributed by atoms with Crippen molar-refractivity contribution in [1.29, 1.82) is 0 Å². The molecule has 0 spiro atoms. The molecule has 10 heteroatoms. The summed E-state index contributed by atoms with van der Waals surface area (Å²) in [6, 6.07) is 9.16. The summed E-state index contributed by atoms with van der Waals surface area (Å²) in [6.45, 7) is 7.18. The van der Waals surface area contributed by atoms with Crippen LogP contribution in [0, 0.1) is 10.1 Å². The monoisotopic (exact) mass is 439 g/mol. The minimum Gasteiger partial charge on any atom is -0.373 e. The molecule has 1 fully saturated rings. The normalized spacial score (nSPS) is 20.5. The zero-order valence-electron chi connectivity index (χ0n) is 16.6. The number of nitrogens with zero attached hydrogens (tertiary/aromatic N) is 2. The highest BCUT2D eigenvalue weighted by Gasteiger charge is 2.24. The summed E-state index contributed by atoms with van der Waals surface area (Å²) in [5.74, 6) is 0. The van der Waals surface area contributed by atoms with E-state index in [9.17, 15) is 18.5 Å². The molecule has 8 nitrogen and oxygen atoms in total. The first-order valence-electron chi connectivity index (χ1n) is 9.29. The molecular formula is C19H25N3O5S2. The van der Waals surface area contributed by atoms with Gasteiger partial charge in [0.2, 0.25) is 0 Å². The van der Waals surface area contributed by atoms with E-state index in [0.29, 0.717) is 6.54 Å². The van der Waals surface area contributed by atoms with E-state index >= 15 is 0 Å². The maximum atomic E-state index is 11.7. The van der Waals surface area contributed by atoms with Crippen LogP contribution >= 0.6 is 11.3 Å². The molecule has 0 aliphatic carbocycles. The molecule has 2 heterocycles. The molecule has 0 radical (unpaired) electrons. The van der Waals surface area contributed by atoms with E-state index in [4.69, 9.17) is 4.74 Å². The highest BCUT2D eigenvalue weighted by Crippen LogP contribution is 2.37. The first-order valence-corrected chi connectivity index (χ1v) is 12.0. The summed E-state index contributed by atoms with van der Waals surface area (Å²) in [5, 5.41) is 14.5. The van der Waals surface area contributed by atoms with Crippen LogP contribution in [-0.4, -0.2) is 49.8 Å². The number of ether oxygens (including phenoxy) is 1. The molecule has 0 saturated carbocycles. The Bertz CT molecular complexity index is 962. The summed E-state index contributed by atoms with van der Waals surface area (Å²) in [7, 11) is -3.49. The van der Waals surface area contributed by atoms with Crippen molar-refractivity contribution in [2.45, 2.75) is 43.4 Å². The fraction of sp³-hybridized carbons (Fsp3) is 0.474. The van der Waals surface area contributed by atoms with Crippen LogP contribution in [-0.2, 0) is 27.7 Å². The van der Waals surface area contributed by atoms with Gasteiger partial charge in [0.15, 0.2) is 14.8 Å². The number of hydrogen-bond acceptors (Lipinski definition) is 8. The van der Waals surface area contributed by atoms with Gasteiger partial charge in [0.1, 0.15) is 4.21 Å². The summed E-state index contributed by atoms with van der Waals surface area (Å²) in [5.41, 5.74) is 1.93. The quantitative estimate of drug-likeness (QED) is 0.522. The molecule has 1 saturated heterocycles. The Morgan fingerprint density at radius 2 is 1.79 bits per heavy atom. The minimum absolute atomic E-state index is 0.0176. The Morgan fingerprint density at radius 3 is 2.34 bits per heavy atom. The van der Waals surface area contributed by atoms with E-state index in [1.807, 2.05) is 24.3 Å². The number of nitrogens with one attached hydrogen (secondary N) is 1. The van der Waals surface area contributed by atoms with Crippen LogP contribution in [0.3, 0.4) is 0 Å². The lowest BCUT2D eigenvalue weighted by atomic mass is 10.1. The van der Waals surface area contributed by atoms with Gasteiger partial charge < -0.3 is 10.1 Å². The van der Waals surface area contributed by atoms with E-state index in [1.165, 1.54) is 5.56 Å². The van der Waals surface area contributed by atoms with Crippen LogP contribution in [0.4, 0.5) is 10.7 Å². The number of sulfone groups is 1. The number of thiophene rings is 1. The lowest BCUT2D eigenvalue weighted by Crippen LogP contribution is -2.44. The molecule has 1 aromatic carbocycles. The topological polar surface area (TPSA) is 102 Å². The summed E-state index contributed by atoms with van der Waals surface area (Å²) < 4.78 is 29.1. The van der Waals surface area contributed by atoms with Crippen LogP contribution in [0.2, 0.25) is 0 Å². The zero-order valence-corrected chi connectivity index (χ0v) is 18.3. The zero-order chi connectivity index (χ0) is 21.2. The molecule has 29 heavy (non-hydrogen) atoms. The summed E-state index contributed by atoms with van der Waals surface area (Å²) in [4.78, 5) is 13.0. The van der Waals surface area contributed by atoms with Crippen molar-refractivity contribution in [3.8, 4) is 0 Å². The van der Waals surface area contributed by atoms with Crippen molar-refractivity contribution in [1.82, 2.24) is 4.90 Å². The Labute approximate surface area is 174 Å². The Balaban J connectivity index is 1.63. The molecule has 0 bridgehead atoms. The molecule has 1 aliphatic rings. The fourth-order valence-corrected chi connectivity index (χ4v) is 5.36. The molecular weight excluding hydrogens is 414 g/mol. The predicted octanol–water partition coefficient (Wildman–Crippen LogP) is 3.28. The molecule has 1 aliphatic heterocycles. The van der Waals surface area contributed by atoms with Gasteiger partial charge in [-0.25, -0.2) is 8.42 Å². The van der Waals surface area contributed by atoms with Crippen molar-refractivity contribution in [3.05, 3.63) is 51.6 Å². The number of nitro groups is 1. The van der Waals surface area contributed by atoms with Gasteiger partial charge in [-0.2, -0.15) is 0 Å². The van der Waals surface area contributed by atoms with Gasteiger partial charge in [0.05, 0.1) is 17.1 Å². The lowest BCUT2D eigenvalue weighted by Gasteiger charge is -2.35. The second kappa shape index (κ2) is 8.78. The van der Waals surface area contributed by atoms with Gasteiger partial charge in [0.25, 0.3) is 0 Å². The summed E-state index contributed by atoms with van der Waals surface area (Å²) in [6.07, 6.45) is 1.49. The number of rotatable bonds is 7. The van der Waals surface area contributed by atoms with Gasteiger partial charge in [-0.3, -0.25) is 15.0 Å². The van der Waals surface area contributed by atoms with Crippen LogP contribution in [0.1, 0.15) is 25.0 Å². The van der Waals surface area contributed by atoms with E-state index < -0.39 is 14.8 Å². The SMILES string of the molecule is CC1CN(Cc2ccc(CNc3sc(S(C)(=O)=O)cc3[N+](=O)[O-])cc2)CC(C)O1. The molecule has 2 atom stereocenters. The van der Waals surface area contributed by atoms with Gasteiger partial charge in [-0.15, -0.1) is 0 Å². The van der Waals surface area contributed by atoms with Crippen LogP contribution < -0.4 is 5.32 Å². The second-order valence-corrected chi connectivity index (χ2v) is 10.7. The third kappa shape index (κ3) is 5.75. The smallest absolute Gasteiger partial charge is 0.304 e. The van der Waals surface area contributed by atoms with Gasteiger partial charge in [0, 0.05) is 38.5 Å². The molecule has 1 aromatic heterocycles. The highest BCUT2D eigenvalue weighted by molar-refractivity contribution is 7.92. The molecule has 158 valence electrons. The molecule has 3 rings (SSSR count). The van der Waals surface area contributed by atoms with Gasteiger partial charge in [-0.1, -0.05) is 35.6 Å². The van der Waals surface area contributed by atoms with Gasteiger partial charge >= 0.3 is 5.69 Å². The third-order valence-corrected chi connectivity index (χ3v) is 7.51. The third-order valence-electron chi connectivity index (χ3n) is 4.63. The molecule has 2 unspecified atom stereocenters. The highest BCUT2D eigenvalue weighted by atomic mass is 32.2. The Hall–Kier alpha value is -2.01. The van der Waals surface area contributed by atoms with Crippen molar-refractivity contribution in [2.75, 3.05) is 24.7 Å². The standard InChI is InChI=1S/C19H25N3O5S2/c1-13-10-21(11-14(2)27-13)12-16-6-4-15(5-7-16)9-20-19-17(22(23)24)8-18(28-19)29(3,25)26/h4-8,13-14,20H,9-12H2,1-3H3. The Kier molecular flexibility index (Phi) is 6.57. The Morgan fingerprint density at radius 1 is 1.21 bits per heavy atom. The lowest BCUT2D eigenvalue weighted by molar-refractivity contribution is -0.383. The number of benzene rings is 1. The van der Waals surface area contributed by atoms with E-state index in [0.717, 1.165) is 48.9 Å². The maximum Gasteiger partial charge on any atom is 0.304 e. The number of hydrogen-bond donors (Lipinski definition) is 1. The minimum atomic E-state index is -3.49. The van der Waals surface area contributed by atoms with Crippen molar-refractivity contribution < 1.29 is 18.1 Å². The van der Waals surface area contributed by atoms with Crippen molar-refractivity contribution in [2.24, 2.45) is 0 Å². The second-order valence-electron chi connectivity index (χ2n) is 7.43. The average Bonchev–Trinajstić information content (AvgIpc) is 3.05. The van der Waals surface area contributed by atoms with Gasteiger partial charge in [-0.05, 0) is 25.0 Å². The van der Waals surface area contributed by atoms with E-state index in [-0.39, 0.29) is 27.1 Å². The maximum absolute atomic E-state index is 11.7.